The van der Waals surface area contributed by atoms with Crippen LogP contribution in [0.1, 0.15) is 121 Å². The fraction of sp³-hybridized carbons (Fsp3) is 0.390. The van der Waals surface area contributed by atoms with E-state index in [1.165, 1.54) is 38.5 Å². The molecule has 1 aromatic heterocycles. The van der Waals surface area contributed by atoms with Crippen LogP contribution in [0.4, 0.5) is 18.9 Å². The average Bonchev–Trinajstić information content (AvgIpc) is 0.768. The predicted molar refractivity (Wildman–Crippen MR) is 433 cm³/mol. The molecule has 39 nitrogen and oxygen atoms in total. The van der Waals surface area contributed by atoms with E-state index in [4.69, 9.17) is 57.4 Å². The molecule has 2 saturated heterocycles. The summed E-state index contributed by atoms with van der Waals surface area (Å²) in [4.78, 5) is 137. The number of aromatic hydroxyl groups is 3. The molecule has 23 N–H and O–H groups in total. The van der Waals surface area contributed by atoms with E-state index in [9.17, 15) is 83.4 Å². The molecule has 7 aliphatic rings. The van der Waals surface area contributed by atoms with E-state index in [2.05, 4.69) is 68.4 Å². The molecule has 16 unspecified atom stereocenters. The number of nitrogens with zero attached hydrogens (tertiary/aromatic N) is 1. The summed E-state index contributed by atoms with van der Waals surface area (Å²) in [5.74, 6) is -17.1. The van der Waals surface area contributed by atoms with Gasteiger partial charge < -0.3 is 138 Å². The Hall–Kier alpha value is -11.9. The SMILES string of the molecule is CNC(CC(C)C)C(=O)NC1C(=O)NC(CC(N)=O)C(=O)NC2C(=O)NC3C(=O)NC(C(=O)N[C@@H](C(=O)NNCCO)c4cc(O)cc(O)c4-c4cc3ccc4O)C(O)c3ccc(c(Cl)c3)Oc3cc2cc(c3OC2OC(CO)C(O)C(O)C2OC2C[C@@](C)(NCc3cncc(NC(=O)c4ccc(OC(F)(F)F)cc4)c3)C(O)C(C)O2)Oc2ccc(cc2Cl)C1O. The van der Waals surface area contributed by atoms with Gasteiger partial charge in [-0.05, 0) is 152 Å². The third-order valence-corrected chi connectivity index (χ3v) is 21.9. The molecular formula is C82H90Cl2F3N13O26. The summed E-state index contributed by atoms with van der Waals surface area (Å²) in [5, 5.41) is 139. The summed E-state index contributed by atoms with van der Waals surface area (Å²) < 4.78 is 81.9. The van der Waals surface area contributed by atoms with Crippen LogP contribution >= 0.6 is 23.2 Å². The number of halogens is 5. The van der Waals surface area contributed by atoms with E-state index in [0.29, 0.717) is 5.56 Å². The van der Waals surface area contributed by atoms with Gasteiger partial charge in [0.05, 0.1) is 59.8 Å². The molecule has 11 bridgehead atoms. The van der Waals surface area contributed by atoms with Crippen LogP contribution in [-0.2, 0) is 59.1 Å². The lowest BCUT2D eigenvalue weighted by Crippen LogP contribution is -2.65. The zero-order valence-electron chi connectivity index (χ0n) is 67.3. The number of rotatable bonds is 22. The number of carbonyl (C=O) groups excluding carboxylic acids is 9. The number of aromatic nitrogens is 1. The number of benzene rings is 6. The minimum absolute atomic E-state index is 0.0398. The molecule has 18 atom stereocenters. The molecule has 0 aliphatic carbocycles. The number of likely N-dealkylation sites (N-methyl/N-ethyl adjacent to an activating group) is 1. The van der Waals surface area contributed by atoms with Crippen LogP contribution in [0.15, 0.2) is 122 Å². The van der Waals surface area contributed by atoms with Gasteiger partial charge in [0.15, 0.2) is 23.9 Å². The lowest BCUT2D eigenvalue weighted by molar-refractivity contribution is -0.334. The van der Waals surface area contributed by atoms with E-state index < -0.39 is 272 Å². The third-order valence-electron chi connectivity index (χ3n) is 21.3. The molecule has 9 amide bonds. The van der Waals surface area contributed by atoms with Gasteiger partial charge >= 0.3 is 6.36 Å². The number of hydrazine groups is 1. The first-order chi connectivity index (χ1) is 59.7. The van der Waals surface area contributed by atoms with Crippen LogP contribution in [0.3, 0.4) is 0 Å². The van der Waals surface area contributed by atoms with Crippen LogP contribution < -0.4 is 83.4 Å². The van der Waals surface area contributed by atoms with Crippen molar-refractivity contribution in [1.29, 1.82) is 0 Å². The number of hydrogen-bond acceptors (Lipinski definition) is 30. The second kappa shape index (κ2) is 39.4. The summed E-state index contributed by atoms with van der Waals surface area (Å²) in [6.07, 6.45) is -22.1. The van der Waals surface area contributed by atoms with Gasteiger partial charge in [-0.25, -0.2) is 5.43 Å². The van der Waals surface area contributed by atoms with E-state index in [1.54, 1.807) is 20.8 Å². The third kappa shape index (κ3) is 21.5. The fourth-order valence-electron chi connectivity index (χ4n) is 14.9. The van der Waals surface area contributed by atoms with Gasteiger partial charge in [-0.2, -0.15) is 0 Å². The van der Waals surface area contributed by atoms with Crippen molar-refractivity contribution in [2.45, 2.75) is 169 Å². The highest BCUT2D eigenvalue weighted by Crippen LogP contribution is 2.50. The summed E-state index contributed by atoms with van der Waals surface area (Å²) >= 11 is 14.3. The Morgan fingerprint density at radius 2 is 1.36 bits per heavy atom. The van der Waals surface area contributed by atoms with Gasteiger partial charge in [0.25, 0.3) is 11.8 Å². The number of phenols is 3. The van der Waals surface area contributed by atoms with Gasteiger partial charge in [-0.3, -0.25) is 53.6 Å². The molecule has 0 spiro atoms. The maximum absolute atomic E-state index is 16.3. The number of hydrogen-bond donors (Lipinski definition) is 22. The zero-order chi connectivity index (χ0) is 91.2. The molecule has 0 saturated carbocycles. The largest absolute Gasteiger partial charge is 0.573 e. The maximum Gasteiger partial charge on any atom is 0.573 e. The highest BCUT2D eigenvalue weighted by molar-refractivity contribution is 6.32. The maximum atomic E-state index is 16.3. The molecular weight excluding hydrogens is 1710 g/mol. The molecule has 44 heteroatoms. The van der Waals surface area contributed by atoms with Crippen LogP contribution in [0.5, 0.6) is 51.7 Å². The van der Waals surface area contributed by atoms with Crippen LogP contribution in [0.25, 0.3) is 11.1 Å². The summed E-state index contributed by atoms with van der Waals surface area (Å²) in [7, 11) is 1.46. The molecule has 14 rings (SSSR count). The summed E-state index contributed by atoms with van der Waals surface area (Å²) in [6.45, 7) is 4.69. The Labute approximate surface area is 724 Å². The van der Waals surface area contributed by atoms with Gasteiger partial charge in [0.1, 0.15) is 101 Å². The van der Waals surface area contributed by atoms with Crippen molar-refractivity contribution in [2.24, 2.45) is 11.7 Å². The zero-order valence-corrected chi connectivity index (χ0v) is 68.8. The number of fused-ring (bicyclic) bond motifs is 15. The van der Waals surface area contributed by atoms with E-state index in [0.717, 1.165) is 97.1 Å². The first kappa shape index (κ1) is 93.3. The van der Waals surface area contributed by atoms with Gasteiger partial charge in [-0.15, -0.1) is 13.2 Å². The number of nitrogens with two attached hydrogens (primary N) is 1. The van der Waals surface area contributed by atoms with Crippen molar-refractivity contribution in [3.8, 4) is 62.9 Å². The highest BCUT2D eigenvalue weighted by atomic mass is 35.5. The van der Waals surface area contributed by atoms with E-state index in [1.807, 2.05) is 0 Å². The quantitative estimate of drug-likeness (QED) is 0.0341. The second-order valence-electron chi connectivity index (χ2n) is 30.9. The molecule has 2 fully saturated rings. The fourth-order valence-corrected chi connectivity index (χ4v) is 15.4. The molecule has 7 aliphatic heterocycles. The Morgan fingerprint density at radius 3 is 1.98 bits per heavy atom. The topological polar surface area (TPSA) is 592 Å². The number of anilines is 1. The molecule has 0 radical (unpaired) electrons. The van der Waals surface area contributed by atoms with E-state index in [-0.39, 0.29) is 59.8 Å². The first-order valence-corrected chi connectivity index (χ1v) is 39.9. The Morgan fingerprint density at radius 1 is 0.714 bits per heavy atom. The predicted octanol–water partition coefficient (Wildman–Crippen LogP) is 2.01. The number of ether oxygens (including phenoxy) is 7. The summed E-state index contributed by atoms with van der Waals surface area (Å²) in [5.41, 5.74) is 6.76. The number of alkyl halides is 3. The monoisotopic (exact) mass is 1800 g/mol. The Kier molecular flexibility index (Phi) is 29.1. The second-order valence-corrected chi connectivity index (χ2v) is 31.7. The lowest BCUT2D eigenvalue weighted by atomic mass is 9.84. The number of phenolic OH excluding ortho intramolecular Hbond substituents is 3. The van der Waals surface area contributed by atoms with Crippen molar-refractivity contribution in [1.82, 2.24) is 58.4 Å². The Bertz CT molecular complexity index is 5280. The molecule has 8 heterocycles. The average molecular weight is 1800 g/mol. The van der Waals surface area contributed by atoms with Crippen LogP contribution in [-0.4, -0.2) is 221 Å². The minimum Gasteiger partial charge on any atom is -0.508 e. The minimum atomic E-state index is -4.98. The van der Waals surface area contributed by atoms with Gasteiger partial charge in [0.2, 0.25) is 53.4 Å². The lowest BCUT2D eigenvalue weighted by Gasteiger charge is -2.48. The van der Waals surface area contributed by atoms with Crippen molar-refractivity contribution >= 4 is 82.1 Å². The van der Waals surface area contributed by atoms with Gasteiger partial charge in [-0.1, -0.05) is 55.2 Å². The number of aliphatic hydroxyl groups excluding tert-OH is 7. The van der Waals surface area contributed by atoms with Crippen molar-refractivity contribution in [3.63, 3.8) is 0 Å². The molecule has 674 valence electrons. The first-order valence-electron chi connectivity index (χ1n) is 39.2. The number of amides is 9. The van der Waals surface area contributed by atoms with Crippen molar-refractivity contribution in [3.05, 3.63) is 171 Å². The van der Waals surface area contributed by atoms with Crippen molar-refractivity contribution < 1.29 is 141 Å². The van der Waals surface area contributed by atoms with Crippen LogP contribution in [0.2, 0.25) is 10.0 Å². The molecule has 6 aromatic carbocycles. The number of carbonyl (C=O) groups is 9. The number of nitrogens with one attached hydrogen (secondary N) is 11. The smallest absolute Gasteiger partial charge is 0.508 e. The number of aliphatic hydroxyl groups is 7. The Balaban J connectivity index is 1.01. The number of pyridine rings is 1. The van der Waals surface area contributed by atoms with Crippen LogP contribution in [0, 0.1) is 5.92 Å². The normalized spacial score (nSPS) is 25.9. The highest BCUT2D eigenvalue weighted by Gasteiger charge is 2.53. The number of primary amides is 1. The standard InChI is InChI=1S/C82H90Cl2F3N13O26/c1-33(2)18-48(89-5)73(113)98-63-65(107)38-9-14-52(46(83)21-38)121-54-23-40-24-55(69(54)125-80-70(68(110)67(109)56(32-102)123-80)124-58-28-81(4,71(111)34(3)120-58)91-30-35-19-41(31-90-29-35)93-72(112)36-6-11-43(12-7-36)126-82(85,86)87)122-53-15-10-39(22-47(53)84)66(108)64-78(118)97-62(79(119)100-92-16-17-101)45-25-42(103)26-51(105)59(45)44-20-37(8-13-50(44)104)60(75(115)99-64)96-76(116)61(40)95-74(114)49(27-57(88)106)94-77(63)117/h6-15,19-26,29,31,33-34,48-49,56,58,60-68,70-71,80,89,91-92,101-105,107-111H,16-18,27-28,30,32H2,1-5H3,(H2,88,106)(H,93,112)(H,94,117)(H,95,114)(H,96,116)(H,97,118)(H,98,113)(H,99,115)(H,100,119)/t34?,48?,49?,56?,58?,60?,61?,62-,63?,64?,65?,66?,67?,68?,70?,71?,80?,81-/m1/s1. The summed E-state index contributed by atoms with van der Waals surface area (Å²) in [6, 6.07) is 4.82. The molecule has 126 heavy (non-hydrogen) atoms. The van der Waals surface area contributed by atoms with Crippen molar-refractivity contribution in [2.75, 3.05) is 32.1 Å². The van der Waals surface area contributed by atoms with Gasteiger partial charge in [0, 0.05) is 54.0 Å². The van der Waals surface area contributed by atoms with E-state index >= 15 is 24.0 Å². The molecule has 7 aromatic rings.